The zero-order valence-corrected chi connectivity index (χ0v) is 27.2. The van der Waals surface area contributed by atoms with Crippen molar-refractivity contribution in [2.45, 2.75) is 117 Å². The largest absolute Gasteiger partial charge is 0.439 e. The van der Waals surface area contributed by atoms with Gasteiger partial charge in [0, 0.05) is 0 Å². The summed E-state index contributed by atoms with van der Waals surface area (Å²) in [7, 11) is -10.9. The van der Waals surface area contributed by atoms with Crippen LogP contribution >= 0.6 is 14.6 Å². The van der Waals surface area contributed by atoms with Crippen molar-refractivity contribution in [2.24, 2.45) is 0 Å². The van der Waals surface area contributed by atoms with Gasteiger partial charge in [0.05, 0.1) is 0 Å². The van der Waals surface area contributed by atoms with Crippen LogP contribution in [0.15, 0.2) is 36.4 Å². The number of benzene rings is 2. The van der Waals surface area contributed by atoms with Crippen molar-refractivity contribution in [1.29, 1.82) is 0 Å². The first kappa shape index (κ1) is 32.9. The average Bonchev–Trinajstić information content (AvgIpc) is 2.69. The smallest absolute Gasteiger partial charge is 0.316 e. The first-order valence-corrected chi connectivity index (χ1v) is 16.9. The molecular formula is C30H48O6P2. The molecule has 1 unspecified atom stereocenters. The Balaban J connectivity index is 3.13. The van der Waals surface area contributed by atoms with Crippen LogP contribution in [-0.4, -0.2) is 14.7 Å². The highest BCUT2D eigenvalue weighted by atomic mass is 32.1. The van der Waals surface area contributed by atoms with E-state index in [1.807, 2.05) is 65.8 Å². The van der Waals surface area contributed by atoms with E-state index in [0.717, 1.165) is 22.3 Å². The fraction of sp³-hybridized carbons (Fsp3) is 0.600. The highest BCUT2D eigenvalue weighted by Crippen LogP contribution is 2.77. The fourth-order valence-electron chi connectivity index (χ4n) is 4.63. The summed E-state index contributed by atoms with van der Waals surface area (Å²) in [5, 5.41) is 0. The van der Waals surface area contributed by atoms with Gasteiger partial charge in [0.15, 0.2) is 0 Å². The molecule has 0 bridgehead atoms. The molecular weight excluding hydrogens is 518 g/mol. The molecule has 38 heavy (non-hydrogen) atoms. The molecule has 0 spiro atoms. The fourth-order valence-corrected chi connectivity index (χ4v) is 6.22. The topological polar surface area (TPSA) is 104 Å². The molecule has 0 aliphatic rings. The third-order valence-corrected chi connectivity index (χ3v) is 10.5. The van der Waals surface area contributed by atoms with Gasteiger partial charge < -0.3 is 14.7 Å². The SMILES string of the molecule is CC(C)(C)c1ccc(C(C)(OP(=O)(O)P(=O)(O)O)c2ccc(C(C)(C)C)cc2C(C)(C)C)c(C(C)(C)C)c1. The van der Waals surface area contributed by atoms with E-state index in [9.17, 15) is 23.8 Å². The lowest BCUT2D eigenvalue weighted by Gasteiger charge is -2.40. The quantitative estimate of drug-likeness (QED) is 0.314. The van der Waals surface area contributed by atoms with E-state index < -0.39 is 31.0 Å². The Kier molecular flexibility index (Phi) is 8.65. The Morgan fingerprint density at radius 2 is 0.842 bits per heavy atom. The first-order chi connectivity index (χ1) is 16.6. The Morgan fingerprint density at radius 3 is 1.08 bits per heavy atom. The van der Waals surface area contributed by atoms with Gasteiger partial charge in [-0.15, -0.1) is 0 Å². The van der Waals surface area contributed by atoms with Crippen molar-refractivity contribution in [3.8, 4) is 0 Å². The molecule has 0 saturated carbocycles. The number of hydrogen-bond acceptors (Lipinski definition) is 3. The van der Waals surface area contributed by atoms with Crippen LogP contribution < -0.4 is 0 Å². The summed E-state index contributed by atoms with van der Waals surface area (Å²) in [4.78, 5) is 30.3. The summed E-state index contributed by atoms with van der Waals surface area (Å²) in [6.07, 6.45) is 0. The normalized spacial score (nSPS) is 15.9. The van der Waals surface area contributed by atoms with Crippen LogP contribution in [0.1, 0.15) is 123 Å². The van der Waals surface area contributed by atoms with Gasteiger partial charge in [0.2, 0.25) is 0 Å². The van der Waals surface area contributed by atoms with Crippen LogP contribution in [0.4, 0.5) is 0 Å². The summed E-state index contributed by atoms with van der Waals surface area (Å²) >= 11 is 0. The molecule has 1 atom stereocenters. The molecule has 0 saturated heterocycles. The molecule has 0 radical (unpaired) electrons. The Bertz CT molecular complexity index is 1200. The lowest BCUT2D eigenvalue weighted by atomic mass is 9.70. The number of rotatable bonds is 5. The van der Waals surface area contributed by atoms with E-state index in [4.69, 9.17) is 4.52 Å². The monoisotopic (exact) mass is 566 g/mol. The van der Waals surface area contributed by atoms with Crippen molar-refractivity contribution in [1.82, 2.24) is 0 Å². The van der Waals surface area contributed by atoms with E-state index in [1.54, 1.807) is 6.92 Å². The van der Waals surface area contributed by atoms with E-state index in [2.05, 4.69) is 53.7 Å². The van der Waals surface area contributed by atoms with Gasteiger partial charge in [-0.1, -0.05) is 119 Å². The second-order valence-corrected chi connectivity index (χ2v) is 19.9. The average molecular weight is 567 g/mol. The van der Waals surface area contributed by atoms with Crippen LogP contribution in [0, 0.1) is 0 Å². The van der Waals surface area contributed by atoms with Gasteiger partial charge in [-0.3, -0.25) is 4.52 Å². The predicted octanol–water partition coefficient (Wildman–Crippen LogP) is 8.43. The van der Waals surface area contributed by atoms with Crippen molar-refractivity contribution >= 4 is 14.6 Å². The summed E-state index contributed by atoms with van der Waals surface area (Å²) in [5.74, 6) is 0. The highest BCUT2D eigenvalue weighted by molar-refractivity contribution is 8.26. The molecule has 3 N–H and O–H groups in total. The highest BCUT2D eigenvalue weighted by Gasteiger charge is 2.51. The van der Waals surface area contributed by atoms with E-state index in [-0.39, 0.29) is 10.8 Å². The molecule has 2 aromatic rings. The molecule has 0 amide bonds. The van der Waals surface area contributed by atoms with Crippen LogP contribution in [0.25, 0.3) is 0 Å². The first-order valence-electron chi connectivity index (χ1n) is 13.0. The third kappa shape index (κ3) is 6.89. The Hall–Kier alpha value is -1.26. The molecule has 6 nitrogen and oxygen atoms in total. The summed E-state index contributed by atoms with van der Waals surface area (Å²) in [6.45, 7) is 26.6. The van der Waals surface area contributed by atoms with Crippen molar-refractivity contribution in [3.05, 3.63) is 69.8 Å². The van der Waals surface area contributed by atoms with E-state index in [1.165, 1.54) is 0 Å². The molecule has 0 aromatic heterocycles. The molecule has 0 fully saturated rings. The minimum atomic E-state index is -5.50. The van der Waals surface area contributed by atoms with Gasteiger partial charge in [-0.05, 0) is 62.0 Å². The maximum atomic E-state index is 13.1. The Morgan fingerprint density at radius 1 is 0.526 bits per heavy atom. The van der Waals surface area contributed by atoms with Crippen LogP contribution in [0.2, 0.25) is 0 Å². The predicted molar refractivity (Wildman–Crippen MR) is 157 cm³/mol. The second kappa shape index (κ2) is 9.98. The van der Waals surface area contributed by atoms with Crippen LogP contribution in [-0.2, 0) is 40.9 Å². The number of hydrogen-bond donors (Lipinski definition) is 3. The molecule has 2 rings (SSSR count). The summed E-state index contributed by atoms with van der Waals surface area (Å²) in [5.41, 5.74) is 2.32. The third-order valence-electron chi connectivity index (χ3n) is 7.05. The summed E-state index contributed by atoms with van der Waals surface area (Å²) < 4.78 is 31.2. The van der Waals surface area contributed by atoms with E-state index in [0.29, 0.717) is 11.1 Å². The van der Waals surface area contributed by atoms with Crippen LogP contribution in [0.3, 0.4) is 0 Å². The Labute approximate surface area is 229 Å². The van der Waals surface area contributed by atoms with Crippen molar-refractivity contribution in [3.63, 3.8) is 0 Å². The van der Waals surface area contributed by atoms with Gasteiger partial charge >= 0.3 is 14.6 Å². The molecule has 8 heteroatoms. The lowest BCUT2D eigenvalue weighted by Crippen LogP contribution is -2.34. The molecule has 2 aromatic carbocycles. The van der Waals surface area contributed by atoms with Crippen LogP contribution in [0.5, 0.6) is 0 Å². The maximum Gasteiger partial charge on any atom is 0.439 e. The van der Waals surface area contributed by atoms with Crippen molar-refractivity contribution < 1.29 is 28.3 Å². The van der Waals surface area contributed by atoms with E-state index >= 15 is 0 Å². The van der Waals surface area contributed by atoms with Gasteiger partial charge in [0.1, 0.15) is 5.60 Å². The minimum Gasteiger partial charge on any atom is -0.316 e. The second-order valence-electron chi connectivity index (χ2n) is 14.6. The van der Waals surface area contributed by atoms with Gasteiger partial charge in [-0.25, -0.2) is 9.13 Å². The maximum absolute atomic E-state index is 13.1. The lowest BCUT2D eigenvalue weighted by molar-refractivity contribution is 0.112. The molecule has 0 heterocycles. The standard InChI is InChI=1S/C30H48O6P2/c1-26(2,3)20-14-16-22(24(18-20)28(7,8)9)30(13,36-38(34,35)37(31,32)33)23-17-15-21(27(4,5)6)19-25(23)29(10,11)12/h14-19H,1-13H3,(H,34,35)(H2,31,32,33). The summed E-state index contributed by atoms with van der Waals surface area (Å²) in [6, 6.07) is 11.8. The van der Waals surface area contributed by atoms with Gasteiger partial charge in [-0.2, -0.15) is 0 Å². The van der Waals surface area contributed by atoms with Crippen molar-refractivity contribution in [2.75, 3.05) is 0 Å². The molecule has 0 aliphatic carbocycles. The zero-order chi connectivity index (χ0) is 29.9. The molecule has 214 valence electrons. The minimum absolute atomic E-state index is 0.154. The molecule has 0 aliphatic heterocycles. The zero-order valence-electron chi connectivity index (χ0n) is 25.4. The van der Waals surface area contributed by atoms with Gasteiger partial charge in [0.25, 0.3) is 0 Å².